The van der Waals surface area contributed by atoms with Crippen molar-refractivity contribution >= 4 is 10.9 Å². The Morgan fingerprint density at radius 2 is 2.22 bits per heavy atom. The summed E-state index contributed by atoms with van der Waals surface area (Å²) in [7, 11) is 0. The predicted molar refractivity (Wildman–Crippen MR) is 90.2 cm³/mol. The molecule has 2 aromatic rings. The number of phenols is 1. The number of phenolic OH excluding ortho intramolecular Hbond substituents is 1. The van der Waals surface area contributed by atoms with Crippen LogP contribution in [-0.4, -0.2) is 39.2 Å². The average molecular weight is 310 g/mol. The zero-order valence-corrected chi connectivity index (χ0v) is 13.3. The van der Waals surface area contributed by atoms with E-state index >= 15 is 0 Å². The van der Waals surface area contributed by atoms with E-state index in [0.29, 0.717) is 5.92 Å². The molecule has 0 amide bonds. The summed E-state index contributed by atoms with van der Waals surface area (Å²) in [6.07, 6.45) is 5.62. The highest BCUT2D eigenvalue weighted by Crippen LogP contribution is 2.41. The van der Waals surface area contributed by atoms with E-state index < -0.39 is 6.10 Å². The van der Waals surface area contributed by atoms with Crippen LogP contribution in [0.2, 0.25) is 0 Å². The molecular formula is C19H22N2O2. The molecule has 5 rings (SSSR count). The van der Waals surface area contributed by atoms with Crippen LogP contribution in [0.4, 0.5) is 0 Å². The quantitative estimate of drug-likeness (QED) is 0.837. The van der Waals surface area contributed by atoms with E-state index in [1.807, 2.05) is 6.07 Å². The maximum absolute atomic E-state index is 11.0. The number of aromatic nitrogens is 1. The van der Waals surface area contributed by atoms with Crippen LogP contribution >= 0.6 is 0 Å². The van der Waals surface area contributed by atoms with Gasteiger partial charge in [-0.2, -0.15) is 0 Å². The van der Waals surface area contributed by atoms with Crippen molar-refractivity contribution < 1.29 is 10.2 Å². The molecule has 4 atom stereocenters. The lowest BCUT2D eigenvalue weighted by Crippen LogP contribution is -2.52. The first kappa shape index (κ1) is 14.7. The lowest BCUT2D eigenvalue weighted by atomic mass is 9.76. The number of pyridine rings is 1. The molecule has 3 saturated heterocycles. The molecule has 0 spiro atoms. The molecule has 3 aliphatic heterocycles. The standard InChI is InChI=1S/C19H22N2O2/c1-2-12-11-21-8-6-13(12)9-18(21)19(23)15-5-7-20-17-4-3-14(22)10-16(15)17/h2-5,7,10,13,18-19,22-23H,6,8-9,11H2,1H3/b12-2+/t13-,18?,19+/m0/s1. The molecule has 0 aliphatic carbocycles. The lowest BCUT2D eigenvalue weighted by molar-refractivity contribution is -0.00340. The van der Waals surface area contributed by atoms with Gasteiger partial charge in [0, 0.05) is 24.2 Å². The maximum atomic E-state index is 11.0. The first-order chi connectivity index (χ1) is 11.2. The molecule has 4 nitrogen and oxygen atoms in total. The third-order valence-corrected chi connectivity index (χ3v) is 5.48. The van der Waals surface area contributed by atoms with Crippen LogP contribution in [0, 0.1) is 5.92 Å². The second kappa shape index (κ2) is 5.62. The fraction of sp³-hybridized carbons (Fsp3) is 0.421. The van der Waals surface area contributed by atoms with Crippen LogP contribution in [0.1, 0.15) is 31.4 Å². The SMILES string of the molecule is C/C=C1\CN2CC[C@H]1CC2[C@H](O)c1ccnc2ccc(O)cc12. The van der Waals surface area contributed by atoms with Gasteiger partial charge in [-0.15, -0.1) is 0 Å². The van der Waals surface area contributed by atoms with Crippen LogP contribution in [0.25, 0.3) is 10.9 Å². The summed E-state index contributed by atoms with van der Waals surface area (Å²) in [5, 5.41) is 21.7. The van der Waals surface area contributed by atoms with Gasteiger partial charge in [-0.05, 0) is 62.1 Å². The molecule has 3 fully saturated rings. The van der Waals surface area contributed by atoms with E-state index in [4.69, 9.17) is 0 Å². The zero-order chi connectivity index (χ0) is 16.0. The van der Waals surface area contributed by atoms with Gasteiger partial charge in [0.25, 0.3) is 0 Å². The van der Waals surface area contributed by atoms with Gasteiger partial charge in [-0.3, -0.25) is 9.88 Å². The fourth-order valence-corrected chi connectivity index (χ4v) is 4.22. The smallest absolute Gasteiger partial charge is 0.116 e. The summed E-state index contributed by atoms with van der Waals surface area (Å²) < 4.78 is 0. The van der Waals surface area contributed by atoms with Gasteiger partial charge in [0.15, 0.2) is 0 Å². The van der Waals surface area contributed by atoms with Crippen LogP contribution in [0.5, 0.6) is 5.75 Å². The van der Waals surface area contributed by atoms with Crippen LogP contribution < -0.4 is 0 Å². The summed E-state index contributed by atoms with van der Waals surface area (Å²) in [6.45, 7) is 4.14. The minimum absolute atomic E-state index is 0.144. The Morgan fingerprint density at radius 3 is 2.96 bits per heavy atom. The Kier molecular flexibility index (Phi) is 3.58. The number of hydrogen-bond donors (Lipinski definition) is 2. The topological polar surface area (TPSA) is 56.6 Å². The van der Waals surface area contributed by atoms with Crippen molar-refractivity contribution in [1.82, 2.24) is 9.88 Å². The molecular weight excluding hydrogens is 288 g/mol. The van der Waals surface area contributed by atoms with E-state index in [1.165, 1.54) is 12.0 Å². The number of fused-ring (bicyclic) bond motifs is 4. The number of nitrogens with zero attached hydrogens (tertiary/aromatic N) is 2. The van der Waals surface area contributed by atoms with Crippen molar-refractivity contribution in [3.8, 4) is 5.75 Å². The average Bonchev–Trinajstić information content (AvgIpc) is 2.60. The van der Waals surface area contributed by atoms with Gasteiger partial charge < -0.3 is 10.2 Å². The predicted octanol–water partition coefficient (Wildman–Crippen LogP) is 3.01. The van der Waals surface area contributed by atoms with Crippen LogP contribution in [0.3, 0.4) is 0 Å². The number of allylic oxidation sites excluding steroid dienone is 1. The molecule has 4 heteroatoms. The molecule has 3 aliphatic rings. The van der Waals surface area contributed by atoms with Crippen molar-refractivity contribution in [2.45, 2.75) is 31.9 Å². The Hall–Kier alpha value is -1.91. The van der Waals surface area contributed by atoms with Gasteiger partial charge >= 0.3 is 0 Å². The molecule has 2 unspecified atom stereocenters. The zero-order valence-electron chi connectivity index (χ0n) is 13.3. The van der Waals surface area contributed by atoms with Crippen molar-refractivity contribution in [1.29, 1.82) is 0 Å². The van der Waals surface area contributed by atoms with Gasteiger partial charge in [0.1, 0.15) is 5.75 Å². The summed E-state index contributed by atoms with van der Waals surface area (Å²) in [5.74, 6) is 0.812. The largest absolute Gasteiger partial charge is 0.508 e. The van der Waals surface area contributed by atoms with Crippen LogP contribution in [0.15, 0.2) is 42.1 Å². The number of benzene rings is 1. The van der Waals surface area contributed by atoms with Crippen molar-refractivity contribution in [2.24, 2.45) is 5.92 Å². The van der Waals surface area contributed by atoms with Crippen molar-refractivity contribution in [2.75, 3.05) is 13.1 Å². The normalized spacial score (nSPS) is 30.0. The molecule has 23 heavy (non-hydrogen) atoms. The number of piperidine rings is 3. The van der Waals surface area contributed by atoms with E-state index in [2.05, 4.69) is 22.9 Å². The van der Waals surface area contributed by atoms with Gasteiger partial charge in [0.05, 0.1) is 11.6 Å². The lowest BCUT2D eigenvalue weighted by Gasteiger charge is -2.48. The molecule has 0 radical (unpaired) electrons. The fourth-order valence-electron chi connectivity index (χ4n) is 4.22. The molecule has 0 saturated carbocycles. The minimum atomic E-state index is -0.552. The second-order valence-electron chi connectivity index (χ2n) is 6.67. The number of aliphatic hydroxyl groups is 1. The van der Waals surface area contributed by atoms with E-state index in [9.17, 15) is 10.2 Å². The third kappa shape index (κ3) is 2.42. The molecule has 2 N–H and O–H groups in total. The highest BCUT2D eigenvalue weighted by molar-refractivity contribution is 5.83. The highest BCUT2D eigenvalue weighted by Gasteiger charge is 2.40. The molecule has 1 aromatic heterocycles. The Balaban J connectivity index is 1.70. The van der Waals surface area contributed by atoms with Gasteiger partial charge in [-0.25, -0.2) is 0 Å². The summed E-state index contributed by atoms with van der Waals surface area (Å²) >= 11 is 0. The third-order valence-electron chi connectivity index (χ3n) is 5.48. The first-order valence-electron chi connectivity index (χ1n) is 8.32. The monoisotopic (exact) mass is 310 g/mol. The molecule has 1 aromatic carbocycles. The summed E-state index contributed by atoms with van der Waals surface area (Å²) in [5.41, 5.74) is 3.19. The number of rotatable bonds is 2. The van der Waals surface area contributed by atoms with Crippen molar-refractivity contribution in [3.05, 3.63) is 47.7 Å². The Bertz CT molecular complexity index is 771. The molecule has 4 heterocycles. The molecule has 2 bridgehead atoms. The van der Waals surface area contributed by atoms with Crippen molar-refractivity contribution in [3.63, 3.8) is 0 Å². The van der Waals surface area contributed by atoms with Gasteiger partial charge in [0.2, 0.25) is 0 Å². The summed E-state index contributed by atoms with van der Waals surface area (Å²) in [4.78, 5) is 6.74. The first-order valence-corrected chi connectivity index (χ1v) is 8.32. The Labute approximate surface area is 136 Å². The minimum Gasteiger partial charge on any atom is -0.508 e. The summed E-state index contributed by atoms with van der Waals surface area (Å²) in [6, 6.07) is 7.16. The number of hydrogen-bond acceptors (Lipinski definition) is 4. The van der Waals surface area contributed by atoms with E-state index in [-0.39, 0.29) is 11.8 Å². The Morgan fingerprint density at radius 1 is 1.35 bits per heavy atom. The number of aromatic hydroxyl groups is 1. The van der Waals surface area contributed by atoms with E-state index in [0.717, 1.165) is 36.0 Å². The van der Waals surface area contributed by atoms with Crippen LogP contribution in [-0.2, 0) is 0 Å². The van der Waals surface area contributed by atoms with Gasteiger partial charge in [-0.1, -0.05) is 11.6 Å². The van der Waals surface area contributed by atoms with E-state index in [1.54, 1.807) is 24.4 Å². The molecule has 120 valence electrons. The highest BCUT2D eigenvalue weighted by atomic mass is 16.3. The number of aliphatic hydroxyl groups excluding tert-OH is 1. The maximum Gasteiger partial charge on any atom is 0.116 e. The second-order valence-corrected chi connectivity index (χ2v) is 6.67.